The van der Waals surface area contributed by atoms with Gasteiger partial charge in [0, 0.05) is 11.1 Å². The first kappa shape index (κ1) is 20.8. The lowest BCUT2D eigenvalue weighted by Gasteiger charge is -2.35. The zero-order chi connectivity index (χ0) is 20.3. The highest BCUT2D eigenvalue weighted by atomic mass is 19.4. The summed E-state index contributed by atoms with van der Waals surface area (Å²) in [6.07, 6.45) is -11.6. The topological polar surface area (TPSA) is 45.7 Å². The minimum atomic E-state index is -5.78. The van der Waals surface area contributed by atoms with Crippen LogP contribution in [0.15, 0.2) is 54.6 Å². The van der Waals surface area contributed by atoms with Crippen LogP contribution >= 0.6 is 0 Å². The van der Waals surface area contributed by atoms with Crippen LogP contribution in [0.4, 0.5) is 26.3 Å². The molecule has 27 heavy (non-hydrogen) atoms. The number of halogens is 6. The third-order valence-electron chi connectivity index (χ3n) is 4.01. The van der Waals surface area contributed by atoms with Gasteiger partial charge in [-0.3, -0.25) is 10.1 Å². The Labute approximate surface area is 151 Å². The average Bonchev–Trinajstić information content (AvgIpc) is 2.57. The molecule has 2 aromatic carbocycles. The van der Waals surface area contributed by atoms with Gasteiger partial charge in [-0.1, -0.05) is 48.0 Å². The number of hydrogen-bond acceptors (Lipinski definition) is 1. The maximum atomic E-state index is 13.5. The Morgan fingerprint density at radius 1 is 0.889 bits per heavy atom. The molecule has 9 heteroatoms. The lowest BCUT2D eigenvalue weighted by molar-refractivity contribution is -0.796. The van der Waals surface area contributed by atoms with Crippen LogP contribution in [0.25, 0.3) is 0 Å². The second-order valence-electron chi connectivity index (χ2n) is 6.02. The Bertz CT molecular complexity index is 755. The molecule has 0 atom stereocenters. The van der Waals surface area contributed by atoms with Crippen molar-refractivity contribution in [2.24, 2.45) is 0 Å². The van der Waals surface area contributed by atoms with Crippen LogP contribution in [-0.4, -0.2) is 23.9 Å². The molecule has 0 aliphatic rings. The first-order valence-corrected chi connectivity index (χ1v) is 7.87. The van der Waals surface area contributed by atoms with Crippen molar-refractivity contribution in [1.29, 1.82) is 0 Å². The Morgan fingerprint density at radius 2 is 1.41 bits per heavy atom. The molecule has 3 N–H and O–H groups in total. The molecule has 0 unspecified atom stereocenters. The highest BCUT2D eigenvalue weighted by Crippen LogP contribution is 2.38. The molecule has 0 fully saturated rings. The molecule has 0 aliphatic carbocycles. The Morgan fingerprint density at radius 3 is 1.89 bits per heavy atom. The average molecular weight is 391 g/mol. The second-order valence-corrected chi connectivity index (χ2v) is 6.02. The molecule has 1 amide bonds. The molecule has 0 aromatic heterocycles. The number of hydrogen-bond donors (Lipinski definition) is 2. The lowest BCUT2D eigenvalue weighted by Crippen LogP contribution is -3.07. The van der Waals surface area contributed by atoms with Crippen LogP contribution in [0.5, 0.6) is 0 Å². The molecule has 0 bridgehead atoms. The maximum absolute atomic E-state index is 13.5. The fraction of sp³-hybridized carbons (Fsp3) is 0.278. The van der Waals surface area contributed by atoms with E-state index in [4.69, 9.17) is 0 Å². The third kappa shape index (κ3) is 4.60. The van der Waals surface area contributed by atoms with E-state index in [9.17, 15) is 31.1 Å². The zero-order valence-corrected chi connectivity index (χ0v) is 14.2. The van der Waals surface area contributed by atoms with Gasteiger partial charge in [0.15, 0.2) is 0 Å². The first-order chi connectivity index (χ1) is 12.5. The number of rotatable bonds is 5. The lowest BCUT2D eigenvalue weighted by atomic mass is 10.1. The smallest absolute Gasteiger partial charge is 0.305 e. The van der Waals surface area contributed by atoms with Gasteiger partial charge in [0.1, 0.15) is 6.54 Å². The van der Waals surface area contributed by atoms with Crippen LogP contribution in [0.1, 0.15) is 21.5 Å². The minimum absolute atomic E-state index is 0.0500. The Hall–Kier alpha value is -2.55. The molecule has 0 saturated heterocycles. The molecule has 146 valence electrons. The summed E-state index contributed by atoms with van der Waals surface area (Å²) in [6.45, 7) is 1.04. The molecular weight excluding hydrogens is 374 g/mol. The first-order valence-electron chi connectivity index (χ1n) is 7.87. The van der Waals surface area contributed by atoms with Gasteiger partial charge in [0.2, 0.25) is 0 Å². The molecule has 0 aliphatic heterocycles. The predicted molar refractivity (Wildman–Crippen MR) is 85.6 cm³/mol. The highest BCUT2D eigenvalue weighted by molar-refractivity contribution is 5.94. The molecule has 0 heterocycles. The van der Waals surface area contributed by atoms with Gasteiger partial charge >= 0.3 is 18.0 Å². The number of nitrogens with one attached hydrogen (secondary N) is 1. The molecule has 0 saturated carbocycles. The van der Waals surface area contributed by atoms with Crippen LogP contribution in [-0.2, 0) is 6.54 Å². The van der Waals surface area contributed by atoms with E-state index in [2.05, 4.69) is 0 Å². The van der Waals surface area contributed by atoms with Crippen molar-refractivity contribution in [3.05, 3.63) is 71.3 Å². The largest absolute Gasteiger partial charge is 0.475 e. The van der Waals surface area contributed by atoms with Gasteiger partial charge in [0.05, 0.1) is 0 Å². The fourth-order valence-electron chi connectivity index (χ4n) is 2.43. The quantitative estimate of drug-likeness (QED) is 0.596. The van der Waals surface area contributed by atoms with Gasteiger partial charge in [-0.05, 0) is 19.1 Å². The molecular formula is C18H17F6N2O+. The number of amides is 1. The summed E-state index contributed by atoms with van der Waals surface area (Å²) in [7, 11) is 0. The van der Waals surface area contributed by atoms with Crippen molar-refractivity contribution in [1.82, 2.24) is 5.32 Å². The van der Waals surface area contributed by atoms with Gasteiger partial charge in [-0.2, -0.15) is 26.3 Å². The van der Waals surface area contributed by atoms with E-state index in [0.717, 1.165) is 0 Å². The standard InChI is InChI=1S/C18H16F6N2O/c1-12-7-9-14(10-8-12)15(27)26-16(17(19,20)21,18(22,23)24)25-11-13-5-3-2-4-6-13/h2-10,25H,11H2,1H3,(H,26,27)/p+1. The number of nitrogens with two attached hydrogens (primary N) is 1. The van der Waals surface area contributed by atoms with E-state index in [-0.39, 0.29) is 16.4 Å². The van der Waals surface area contributed by atoms with E-state index >= 15 is 0 Å². The van der Waals surface area contributed by atoms with Crippen molar-refractivity contribution in [3.8, 4) is 0 Å². The van der Waals surface area contributed by atoms with E-state index < -0.39 is 30.5 Å². The van der Waals surface area contributed by atoms with E-state index in [1.54, 1.807) is 13.0 Å². The van der Waals surface area contributed by atoms with Crippen molar-refractivity contribution in [2.75, 3.05) is 0 Å². The predicted octanol–water partition coefficient (Wildman–Crippen LogP) is 3.31. The van der Waals surface area contributed by atoms with E-state index in [1.165, 1.54) is 53.8 Å². The van der Waals surface area contributed by atoms with Gasteiger partial charge in [-0.25, -0.2) is 0 Å². The Kier molecular flexibility index (Phi) is 5.84. The summed E-state index contributed by atoms with van der Waals surface area (Å²) in [6, 6.07) is 12.6. The van der Waals surface area contributed by atoms with Crippen LogP contribution in [0.3, 0.4) is 0 Å². The fourth-order valence-corrected chi connectivity index (χ4v) is 2.43. The number of carbonyl (C=O) groups excluding carboxylic acids is 1. The number of aryl methyl sites for hydroxylation is 1. The number of quaternary nitrogens is 1. The monoisotopic (exact) mass is 391 g/mol. The third-order valence-corrected chi connectivity index (χ3v) is 4.01. The normalized spacial score (nSPS) is 12.7. The van der Waals surface area contributed by atoms with Gasteiger partial charge < -0.3 is 5.32 Å². The molecule has 0 spiro atoms. The highest BCUT2D eigenvalue weighted by Gasteiger charge is 2.76. The van der Waals surface area contributed by atoms with Crippen LogP contribution in [0, 0.1) is 6.92 Å². The number of carbonyl (C=O) groups is 1. The number of alkyl halides is 6. The summed E-state index contributed by atoms with van der Waals surface area (Å²) in [5.74, 6) is -1.46. The minimum Gasteiger partial charge on any atom is -0.305 e. The zero-order valence-electron chi connectivity index (χ0n) is 14.2. The van der Waals surface area contributed by atoms with Gasteiger partial charge in [-0.15, -0.1) is 0 Å². The molecule has 3 nitrogen and oxygen atoms in total. The second kappa shape index (κ2) is 7.59. The van der Waals surface area contributed by atoms with Crippen molar-refractivity contribution in [2.45, 2.75) is 31.5 Å². The maximum Gasteiger partial charge on any atom is 0.475 e. The number of benzene rings is 2. The molecule has 0 radical (unpaired) electrons. The van der Waals surface area contributed by atoms with Crippen LogP contribution in [0.2, 0.25) is 0 Å². The van der Waals surface area contributed by atoms with Crippen molar-refractivity contribution >= 4 is 5.91 Å². The summed E-state index contributed by atoms with van der Waals surface area (Å²) in [5.41, 5.74) is -3.82. The summed E-state index contributed by atoms with van der Waals surface area (Å²) >= 11 is 0. The van der Waals surface area contributed by atoms with Crippen molar-refractivity contribution < 1.29 is 36.5 Å². The van der Waals surface area contributed by atoms with E-state index in [0.29, 0.717) is 5.56 Å². The molecule has 2 aromatic rings. The summed E-state index contributed by atoms with van der Waals surface area (Å²) in [4.78, 5) is 12.1. The van der Waals surface area contributed by atoms with Crippen LogP contribution < -0.4 is 10.6 Å². The molecule has 2 rings (SSSR count). The summed E-state index contributed by atoms with van der Waals surface area (Å²) < 4.78 is 81.3. The Balaban J connectivity index is 2.38. The van der Waals surface area contributed by atoms with Crippen molar-refractivity contribution in [3.63, 3.8) is 0 Å². The summed E-state index contributed by atoms with van der Waals surface area (Å²) in [5, 5.41) is 1.22. The van der Waals surface area contributed by atoms with Gasteiger partial charge in [0.25, 0.3) is 5.91 Å². The SMILES string of the molecule is Cc1ccc(C(=O)NC([NH2+]Cc2ccccc2)(C(F)(F)F)C(F)(F)F)cc1. The van der Waals surface area contributed by atoms with E-state index in [1.807, 2.05) is 0 Å².